The Bertz CT molecular complexity index is 759. The van der Waals surface area contributed by atoms with Crippen LogP contribution in [0.4, 0.5) is 4.79 Å². The minimum absolute atomic E-state index is 0.418. The van der Waals surface area contributed by atoms with E-state index in [0.29, 0.717) is 17.6 Å². The van der Waals surface area contributed by atoms with Crippen LogP contribution in [0.3, 0.4) is 0 Å². The van der Waals surface area contributed by atoms with Crippen LogP contribution < -0.4 is 5.32 Å². The van der Waals surface area contributed by atoms with Gasteiger partial charge in [0.25, 0.3) is 0 Å². The Kier molecular flexibility index (Phi) is 5.37. The molecule has 1 aromatic heterocycles. The lowest BCUT2D eigenvalue weighted by Crippen LogP contribution is -2.36. The average molecular weight is 360 g/mol. The van der Waals surface area contributed by atoms with E-state index in [9.17, 15) is 9.59 Å². The van der Waals surface area contributed by atoms with Crippen molar-refractivity contribution in [3.63, 3.8) is 0 Å². The second-order valence-corrected chi connectivity index (χ2v) is 7.24. The predicted octanol–water partition coefficient (Wildman–Crippen LogP) is 2.57. The third kappa shape index (κ3) is 4.39. The lowest BCUT2D eigenvalue weighted by atomic mass is 10.2. The molecule has 1 saturated carbocycles. The molecule has 8 heteroatoms. The monoisotopic (exact) mass is 360 g/mol. The van der Waals surface area contributed by atoms with Crippen LogP contribution in [0.5, 0.6) is 0 Å². The SMILES string of the molecule is COC(=O)NC(=O)[C@@H](C)Sc1nnc(C2CC2)n1Cc1ccccc1. The number of hydrogen-bond donors (Lipinski definition) is 1. The molecule has 132 valence electrons. The highest BCUT2D eigenvalue weighted by Gasteiger charge is 2.31. The summed E-state index contributed by atoms with van der Waals surface area (Å²) in [5.74, 6) is 0.996. The van der Waals surface area contributed by atoms with Gasteiger partial charge in [-0.05, 0) is 25.3 Å². The van der Waals surface area contributed by atoms with Gasteiger partial charge in [-0.2, -0.15) is 0 Å². The molecule has 2 amide bonds. The van der Waals surface area contributed by atoms with E-state index in [-0.39, 0.29) is 0 Å². The van der Waals surface area contributed by atoms with Gasteiger partial charge in [0.2, 0.25) is 5.91 Å². The molecule has 1 fully saturated rings. The number of amides is 2. The topological polar surface area (TPSA) is 86.1 Å². The van der Waals surface area contributed by atoms with Crippen molar-refractivity contribution in [3.8, 4) is 0 Å². The Hall–Kier alpha value is -2.35. The van der Waals surface area contributed by atoms with Gasteiger partial charge in [-0.1, -0.05) is 42.1 Å². The van der Waals surface area contributed by atoms with Crippen LogP contribution in [0.15, 0.2) is 35.5 Å². The first-order valence-corrected chi connectivity index (χ1v) is 8.99. The highest BCUT2D eigenvalue weighted by atomic mass is 32.2. The Labute approximate surface area is 150 Å². The third-order valence-corrected chi connectivity index (χ3v) is 5.01. The van der Waals surface area contributed by atoms with Crippen molar-refractivity contribution in [3.05, 3.63) is 41.7 Å². The highest BCUT2D eigenvalue weighted by molar-refractivity contribution is 8.00. The Balaban J connectivity index is 1.76. The number of thioether (sulfide) groups is 1. The third-order valence-electron chi connectivity index (χ3n) is 3.93. The average Bonchev–Trinajstić information content (AvgIpc) is 3.39. The second-order valence-electron chi connectivity index (χ2n) is 5.93. The number of rotatable bonds is 6. The number of imide groups is 1. The van der Waals surface area contributed by atoms with E-state index in [1.54, 1.807) is 6.92 Å². The van der Waals surface area contributed by atoms with Gasteiger partial charge in [0.05, 0.1) is 18.9 Å². The number of nitrogens with zero attached hydrogens (tertiary/aromatic N) is 3. The number of carbonyl (C=O) groups excluding carboxylic acids is 2. The Morgan fingerprint density at radius 2 is 2.04 bits per heavy atom. The van der Waals surface area contributed by atoms with Gasteiger partial charge >= 0.3 is 6.09 Å². The van der Waals surface area contributed by atoms with Gasteiger partial charge in [-0.15, -0.1) is 10.2 Å². The maximum absolute atomic E-state index is 12.0. The van der Waals surface area contributed by atoms with E-state index < -0.39 is 17.3 Å². The van der Waals surface area contributed by atoms with Crippen LogP contribution in [0, 0.1) is 0 Å². The second kappa shape index (κ2) is 7.69. The summed E-state index contributed by atoms with van der Waals surface area (Å²) in [6, 6.07) is 10.1. The summed E-state index contributed by atoms with van der Waals surface area (Å²) in [5.41, 5.74) is 1.15. The van der Waals surface area contributed by atoms with Crippen LogP contribution in [0.25, 0.3) is 0 Å². The zero-order valence-electron chi connectivity index (χ0n) is 14.1. The fourth-order valence-electron chi connectivity index (χ4n) is 2.41. The first kappa shape index (κ1) is 17.5. The summed E-state index contributed by atoms with van der Waals surface area (Å²) in [5, 5.41) is 11.0. The lowest BCUT2D eigenvalue weighted by Gasteiger charge is -2.13. The van der Waals surface area contributed by atoms with E-state index in [1.807, 2.05) is 18.2 Å². The maximum Gasteiger partial charge on any atom is 0.413 e. The number of ether oxygens (including phenoxy) is 1. The molecule has 3 rings (SSSR count). The van der Waals surface area contributed by atoms with Crippen LogP contribution in [0.2, 0.25) is 0 Å². The van der Waals surface area contributed by atoms with Crippen molar-refractivity contribution in [1.29, 1.82) is 0 Å². The molecule has 0 spiro atoms. The van der Waals surface area contributed by atoms with Gasteiger partial charge in [0.1, 0.15) is 5.82 Å². The van der Waals surface area contributed by atoms with E-state index in [0.717, 1.165) is 24.2 Å². The molecular formula is C17H20N4O3S. The largest absolute Gasteiger partial charge is 0.453 e. The first-order chi connectivity index (χ1) is 12.1. The zero-order chi connectivity index (χ0) is 17.8. The number of methoxy groups -OCH3 is 1. The Morgan fingerprint density at radius 1 is 1.32 bits per heavy atom. The highest BCUT2D eigenvalue weighted by Crippen LogP contribution is 2.40. The molecular weight excluding hydrogens is 340 g/mol. The molecule has 1 aliphatic carbocycles. The first-order valence-electron chi connectivity index (χ1n) is 8.11. The number of aromatic nitrogens is 3. The molecule has 0 aliphatic heterocycles. The maximum atomic E-state index is 12.0. The molecule has 0 saturated heterocycles. The summed E-state index contributed by atoms with van der Waals surface area (Å²) in [4.78, 5) is 23.2. The number of hydrogen-bond acceptors (Lipinski definition) is 6. The lowest BCUT2D eigenvalue weighted by molar-refractivity contribution is -0.119. The smallest absolute Gasteiger partial charge is 0.413 e. The van der Waals surface area contributed by atoms with E-state index in [1.165, 1.54) is 18.9 Å². The minimum atomic E-state index is -0.762. The molecule has 25 heavy (non-hydrogen) atoms. The van der Waals surface area contributed by atoms with Gasteiger partial charge < -0.3 is 9.30 Å². The number of benzene rings is 1. The van der Waals surface area contributed by atoms with Crippen molar-refractivity contribution in [2.75, 3.05) is 7.11 Å². The van der Waals surface area contributed by atoms with Crippen molar-refractivity contribution >= 4 is 23.8 Å². The molecule has 0 unspecified atom stereocenters. The quantitative estimate of drug-likeness (QED) is 0.797. The summed E-state index contributed by atoms with van der Waals surface area (Å²) in [6.45, 7) is 2.38. The molecule has 0 radical (unpaired) electrons. The molecule has 1 atom stereocenters. The number of carbonyl (C=O) groups is 2. The molecule has 1 aliphatic rings. The normalized spacial score (nSPS) is 14.8. The summed E-state index contributed by atoms with van der Waals surface area (Å²) >= 11 is 1.29. The van der Waals surface area contributed by atoms with Crippen LogP contribution >= 0.6 is 11.8 Å². The van der Waals surface area contributed by atoms with Crippen molar-refractivity contribution < 1.29 is 14.3 Å². The summed E-state index contributed by atoms with van der Waals surface area (Å²) < 4.78 is 6.52. The van der Waals surface area contributed by atoms with Gasteiger partial charge in [-0.3, -0.25) is 10.1 Å². The van der Waals surface area contributed by atoms with E-state index >= 15 is 0 Å². The van der Waals surface area contributed by atoms with E-state index in [2.05, 4.69) is 37.0 Å². The van der Waals surface area contributed by atoms with Crippen molar-refractivity contribution in [2.24, 2.45) is 0 Å². The number of alkyl carbamates (subject to hydrolysis) is 1. The van der Waals surface area contributed by atoms with Crippen molar-refractivity contribution in [2.45, 2.75) is 42.6 Å². The van der Waals surface area contributed by atoms with E-state index in [4.69, 9.17) is 0 Å². The Morgan fingerprint density at radius 3 is 2.68 bits per heavy atom. The summed E-state index contributed by atoms with van der Waals surface area (Å²) in [7, 11) is 1.22. The molecule has 2 aromatic rings. The van der Waals surface area contributed by atoms with Crippen LogP contribution in [-0.4, -0.2) is 39.1 Å². The fourth-order valence-corrected chi connectivity index (χ4v) is 3.27. The van der Waals surface area contributed by atoms with Crippen molar-refractivity contribution in [1.82, 2.24) is 20.1 Å². The number of nitrogens with one attached hydrogen (secondary N) is 1. The van der Waals surface area contributed by atoms with Gasteiger partial charge in [0, 0.05) is 5.92 Å². The van der Waals surface area contributed by atoms with Crippen LogP contribution in [0.1, 0.15) is 37.1 Å². The molecule has 1 N–H and O–H groups in total. The molecule has 0 bridgehead atoms. The molecule has 1 aromatic carbocycles. The standard InChI is InChI=1S/C17H20N4O3S/c1-11(15(22)18-17(23)24-2)25-16-20-19-14(13-8-9-13)21(16)10-12-6-4-3-5-7-12/h3-7,11,13H,8-10H2,1-2H3,(H,18,22,23)/t11-/m1/s1. The minimum Gasteiger partial charge on any atom is -0.453 e. The van der Waals surface area contributed by atoms with Gasteiger partial charge in [0.15, 0.2) is 5.16 Å². The van der Waals surface area contributed by atoms with Gasteiger partial charge in [-0.25, -0.2) is 4.79 Å². The van der Waals surface area contributed by atoms with Crippen LogP contribution in [-0.2, 0) is 16.1 Å². The molecule has 7 nitrogen and oxygen atoms in total. The zero-order valence-corrected chi connectivity index (χ0v) is 15.0. The molecule has 1 heterocycles. The predicted molar refractivity (Wildman–Crippen MR) is 93.4 cm³/mol. The fraction of sp³-hybridized carbons (Fsp3) is 0.412. The summed E-state index contributed by atoms with van der Waals surface area (Å²) in [6.07, 6.45) is 1.48.